The van der Waals surface area contributed by atoms with E-state index < -0.39 is 5.97 Å². The number of hydrogen-bond acceptors (Lipinski definition) is 5. The van der Waals surface area contributed by atoms with Gasteiger partial charge in [-0.25, -0.2) is 9.78 Å². The lowest BCUT2D eigenvalue weighted by atomic mass is 10.2. The fraction of sp³-hybridized carbons (Fsp3) is 0.692. The van der Waals surface area contributed by atoms with E-state index in [0.29, 0.717) is 17.0 Å². The van der Waals surface area contributed by atoms with Gasteiger partial charge in [0.05, 0.1) is 17.9 Å². The van der Waals surface area contributed by atoms with Gasteiger partial charge in [0.25, 0.3) is 0 Å². The second-order valence-corrected chi connectivity index (χ2v) is 5.97. The summed E-state index contributed by atoms with van der Waals surface area (Å²) in [6.45, 7) is 7.62. The predicted octanol–water partition coefficient (Wildman–Crippen LogP) is 2.41. The van der Waals surface area contributed by atoms with Crippen LogP contribution in [0.25, 0.3) is 0 Å². The van der Waals surface area contributed by atoms with Crippen LogP contribution < -0.4 is 4.90 Å². The van der Waals surface area contributed by atoms with E-state index >= 15 is 0 Å². The first-order valence-corrected chi connectivity index (χ1v) is 7.46. The van der Waals surface area contributed by atoms with Gasteiger partial charge in [-0.15, -0.1) is 0 Å². The predicted molar refractivity (Wildman–Crippen MR) is 75.3 cm³/mol. The molecular weight excluding hydrogens is 264 g/mol. The largest absolute Gasteiger partial charge is 0.477 e. The summed E-state index contributed by atoms with van der Waals surface area (Å²) in [6.07, 6.45) is 1.92. The number of aryl methyl sites for hydroxylation is 1. The normalized spacial score (nSPS) is 23.6. The second kappa shape index (κ2) is 5.88. The number of aromatic carboxylic acids is 1. The van der Waals surface area contributed by atoms with E-state index in [0.717, 1.165) is 24.6 Å². The quantitative estimate of drug-likeness (QED) is 0.920. The average Bonchev–Trinajstić information content (AvgIpc) is 2.72. The molecule has 0 radical (unpaired) electrons. The molecule has 2 atom stereocenters. The molecule has 106 valence electrons. The Morgan fingerprint density at radius 1 is 1.47 bits per heavy atom. The minimum absolute atomic E-state index is 0.149. The van der Waals surface area contributed by atoms with E-state index in [-0.39, 0.29) is 12.2 Å². The molecule has 1 fully saturated rings. The summed E-state index contributed by atoms with van der Waals surface area (Å²) in [7, 11) is 0. The van der Waals surface area contributed by atoms with Crippen LogP contribution in [0, 0.1) is 0 Å². The third-order valence-corrected chi connectivity index (χ3v) is 4.20. The van der Waals surface area contributed by atoms with Crippen molar-refractivity contribution < 1.29 is 14.6 Å². The van der Waals surface area contributed by atoms with Crippen LogP contribution in [-0.2, 0) is 11.2 Å². The lowest BCUT2D eigenvalue weighted by molar-refractivity contribution is -0.00523. The molecule has 0 saturated carbocycles. The van der Waals surface area contributed by atoms with Gasteiger partial charge < -0.3 is 14.7 Å². The number of morpholine rings is 1. The van der Waals surface area contributed by atoms with Crippen molar-refractivity contribution in [3.63, 3.8) is 0 Å². The molecule has 5 nitrogen and oxygen atoms in total. The average molecular weight is 284 g/mol. The zero-order valence-corrected chi connectivity index (χ0v) is 12.4. The van der Waals surface area contributed by atoms with Crippen LogP contribution in [0.3, 0.4) is 0 Å². The summed E-state index contributed by atoms with van der Waals surface area (Å²) in [5, 5.41) is 10.0. The SMILES string of the molecule is CCCc1nc(N2CC(C)OC(C)C2)sc1C(=O)O. The highest BCUT2D eigenvalue weighted by Gasteiger charge is 2.26. The highest BCUT2D eigenvalue weighted by Crippen LogP contribution is 2.29. The van der Waals surface area contributed by atoms with E-state index in [9.17, 15) is 9.90 Å². The number of hydrogen-bond donors (Lipinski definition) is 1. The molecule has 1 saturated heterocycles. The third kappa shape index (κ3) is 3.25. The van der Waals surface area contributed by atoms with Gasteiger partial charge in [-0.3, -0.25) is 0 Å². The van der Waals surface area contributed by atoms with Crippen molar-refractivity contribution in [2.75, 3.05) is 18.0 Å². The molecule has 0 aromatic carbocycles. The lowest BCUT2D eigenvalue weighted by Crippen LogP contribution is -2.45. The van der Waals surface area contributed by atoms with Crippen molar-refractivity contribution in [2.24, 2.45) is 0 Å². The molecule has 1 aliphatic heterocycles. The maximum absolute atomic E-state index is 11.2. The molecule has 1 aliphatic rings. The van der Waals surface area contributed by atoms with E-state index in [4.69, 9.17) is 4.74 Å². The molecule has 1 aromatic heterocycles. The maximum Gasteiger partial charge on any atom is 0.347 e. The Kier molecular flexibility index (Phi) is 4.42. The van der Waals surface area contributed by atoms with Gasteiger partial charge in [-0.2, -0.15) is 0 Å². The number of rotatable bonds is 4. The summed E-state index contributed by atoms with van der Waals surface area (Å²) in [5.74, 6) is -0.874. The van der Waals surface area contributed by atoms with E-state index in [1.54, 1.807) is 0 Å². The standard InChI is InChI=1S/C13H20N2O3S/c1-4-5-10-11(12(16)17)19-13(14-10)15-6-8(2)18-9(3)7-15/h8-9H,4-7H2,1-3H3,(H,16,17). The Labute approximate surface area is 117 Å². The molecular formula is C13H20N2O3S. The minimum atomic E-state index is -0.874. The van der Waals surface area contributed by atoms with Crippen molar-refractivity contribution >= 4 is 22.4 Å². The number of thiazole rings is 1. The fourth-order valence-corrected chi connectivity index (χ4v) is 3.35. The fourth-order valence-electron chi connectivity index (χ4n) is 2.38. The summed E-state index contributed by atoms with van der Waals surface area (Å²) < 4.78 is 5.69. The molecule has 19 heavy (non-hydrogen) atoms. The number of carboxylic acids is 1. The van der Waals surface area contributed by atoms with Gasteiger partial charge in [-0.05, 0) is 20.3 Å². The monoisotopic (exact) mass is 284 g/mol. The lowest BCUT2D eigenvalue weighted by Gasteiger charge is -2.35. The first kappa shape index (κ1) is 14.3. The molecule has 1 N–H and O–H groups in total. The van der Waals surface area contributed by atoms with Gasteiger partial charge in [0.2, 0.25) is 0 Å². The minimum Gasteiger partial charge on any atom is -0.477 e. The maximum atomic E-state index is 11.2. The molecule has 0 amide bonds. The second-order valence-electron chi connectivity index (χ2n) is 4.99. The number of anilines is 1. The summed E-state index contributed by atoms with van der Waals surface area (Å²) in [4.78, 5) is 18.3. The zero-order chi connectivity index (χ0) is 14.0. The van der Waals surface area contributed by atoms with Crippen molar-refractivity contribution in [3.05, 3.63) is 10.6 Å². The van der Waals surface area contributed by atoms with Gasteiger partial charge >= 0.3 is 5.97 Å². The van der Waals surface area contributed by atoms with E-state index in [1.165, 1.54) is 11.3 Å². The Morgan fingerprint density at radius 2 is 2.11 bits per heavy atom. The smallest absolute Gasteiger partial charge is 0.347 e. The molecule has 2 rings (SSSR count). The highest BCUT2D eigenvalue weighted by molar-refractivity contribution is 7.17. The first-order valence-electron chi connectivity index (χ1n) is 6.64. The van der Waals surface area contributed by atoms with Crippen molar-refractivity contribution in [1.82, 2.24) is 4.98 Å². The van der Waals surface area contributed by atoms with Gasteiger partial charge in [0.15, 0.2) is 5.13 Å². The van der Waals surface area contributed by atoms with Gasteiger partial charge in [0, 0.05) is 13.1 Å². The number of nitrogens with zero attached hydrogens (tertiary/aromatic N) is 2. The van der Waals surface area contributed by atoms with Gasteiger partial charge in [-0.1, -0.05) is 24.7 Å². The van der Waals surface area contributed by atoms with Crippen LogP contribution in [0.2, 0.25) is 0 Å². The number of carboxylic acid groups (broad SMARTS) is 1. The summed E-state index contributed by atoms with van der Waals surface area (Å²) in [5.41, 5.74) is 0.710. The Morgan fingerprint density at radius 3 is 2.63 bits per heavy atom. The summed E-state index contributed by atoms with van der Waals surface area (Å²) in [6, 6.07) is 0. The zero-order valence-electron chi connectivity index (χ0n) is 11.5. The van der Waals surface area contributed by atoms with Crippen LogP contribution in [0.15, 0.2) is 0 Å². The van der Waals surface area contributed by atoms with E-state index in [1.807, 2.05) is 20.8 Å². The number of aromatic nitrogens is 1. The molecule has 0 spiro atoms. The molecule has 1 aromatic rings. The highest BCUT2D eigenvalue weighted by atomic mass is 32.1. The Balaban J connectivity index is 2.24. The molecule has 2 unspecified atom stereocenters. The van der Waals surface area contributed by atoms with Crippen LogP contribution in [-0.4, -0.2) is 41.4 Å². The van der Waals surface area contributed by atoms with Crippen molar-refractivity contribution in [1.29, 1.82) is 0 Å². The molecule has 2 heterocycles. The molecule has 0 aliphatic carbocycles. The van der Waals surface area contributed by atoms with Crippen LogP contribution >= 0.6 is 11.3 Å². The van der Waals surface area contributed by atoms with E-state index in [2.05, 4.69) is 9.88 Å². The molecule has 6 heteroatoms. The molecule has 0 bridgehead atoms. The Hall–Kier alpha value is -1.14. The van der Waals surface area contributed by atoms with Crippen LogP contribution in [0.5, 0.6) is 0 Å². The van der Waals surface area contributed by atoms with Crippen molar-refractivity contribution in [2.45, 2.75) is 45.8 Å². The first-order chi connectivity index (χ1) is 9.01. The third-order valence-electron chi connectivity index (χ3n) is 3.06. The number of ether oxygens (including phenoxy) is 1. The summed E-state index contributed by atoms with van der Waals surface area (Å²) >= 11 is 1.28. The van der Waals surface area contributed by atoms with Crippen molar-refractivity contribution in [3.8, 4) is 0 Å². The van der Waals surface area contributed by atoms with Crippen LogP contribution in [0.4, 0.5) is 5.13 Å². The Bertz CT molecular complexity index is 451. The van der Waals surface area contributed by atoms with Gasteiger partial charge in [0.1, 0.15) is 4.88 Å². The topological polar surface area (TPSA) is 62.7 Å². The number of carbonyl (C=O) groups is 1. The van der Waals surface area contributed by atoms with Crippen LogP contribution in [0.1, 0.15) is 42.6 Å².